The lowest BCUT2D eigenvalue weighted by molar-refractivity contribution is -0.906. The summed E-state index contributed by atoms with van der Waals surface area (Å²) in [4.78, 5) is 22.6. The summed E-state index contributed by atoms with van der Waals surface area (Å²) in [5.74, 6) is 0.790. The molecule has 0 aliphatic heterocycles. The van der Waals surface area contributed by atoms with Crippen molar-refractivity contribution in [2.24, 2.45) is 0 Å². The number of phosphoric acid groups is 1. The number of rotatable bonds is 7. The summed E-state index contributed by atoms with van der Waals surface area (Å²) in [7, 11) is 0.619. The van der Waals surface area contributed by atoms with E-state index in [4.69, 9.17) is 9.63 Å². The lowest BCUT2D eigenvalue weighted by atomic mass is 10.1. The molecule has 122 valence electrons. The van der Waals surface area contributed by atoms with E-state index in [2.05, 4.69) is 9.51 Å². The van der Waals surface area contributed by atoms with E-state index >= 15 is 0 Å². The van der Waals surface area contributed by atoms with Crippen molar-refractivity contribution in [3.63, 3.8) is 0 Å². The van der Waals surface area contributed by atoms with Gasteiger partial charge in [0.25, 0.3) is 7.82 Å². The third kappa shape index (κ3) is 4.56. The number of quaternary nitrogens is 1. The Morgan fingerprint density at radius 1 is 1.41 bits per heavy atom. The van der Waals surface area contributed by atoms with Gasteiger partial charge in [-0.05, 0) is 23.8 Å². The van der Waals surface area contributed by atoms with Crippen LogP contribution in [0.1, 0.15) is 5.56 Å². The molecule has 0 fully saturated rings. The minimum absolute atomic E-state index is 0.108. The first kappa shape index (κ1) is 17.0. The zero-order valence-corrected chi connectivity index (χ0v) is 13.8. The van der Waals surface area contributed by atoms with Crippen LogP contribution in [0.2, 0.25) is 0 Å². The number of aromatic nitrogens is 1. The molecular weight excluding hydrogens is 307 g/mol. The Kier molecular flexibility index (Phi) is 4.94. The summed E-state index contributed by atoms with van der Waals surface area (Å²) in [5, 5.41) is 1.08. The van der Waals surface area contributed by atoms with Crippen molar-refractivity contribution >= 4 is 18.7 Å². The van der Waals surface area contributed by atoms with Gasteiger partial charge in [0.15, 0.2) is 6.73 Å². The molecule has 0 saturated heterocycles. The largest absolute Gasteiger partial charge is 0.756 e. The normalized spacial score (nSPS) is 15.0. The van der Waals surface area contributed by atoms with Gasteiger partial charge >= 0.3 is 0 Å². The second-order valence-corrected chi connectivity index (χ2v) is 7.06. The molecule has 7 nitrogen and oxygen atoms in total. The number of hydrogen-bond donors (Lipinski definition) is 2. The summed E-state index contributed by atoms with van der Waals surface area (Å²) < 4.78 is 20.7. The van der Waals surface area contributed by atoms with Crippen LogP contribution in [-0.2, 0) is 15.5 Å². The molecule has 0 aliphatic rings. The van der Waals surface area contributed by atoms with Gasteiger partial charge in [-0.25, -0.2) is 0 Å². The third-order valence-corrected chi connectivity index (χ3v) is 3.97. The third-order valence-electron chi connectivity index (χ3n) is 3.53. The van der Waals surface area contributed by atoms with Crippen molar-refractivity contribution in [1.29, 1.82) is 0 Å². The lowest BCUT2D eigenvalue weighted by Gasteiger charge is -2.31. The summed E-state index contributed by atoms with van der Waals surface area (Å²) in [6.45, 7) is 0.549. The minimum atomic E-state index is -4.68. The fraction of sp³-hybridized carbons (Fsp3) is 0.429. The maximum atomic E-state index is 10.7. The Balaban J connectivity index is 2.06. The van der Waals surface area contributed by atoms with Gasteiger partial charge in [-0.1, -0.05) is 0 Å². The minimum Gasteiger partial charge on any atom is -0.756 e. The van der Waals surface area contributed by atoms with Crippen LogP contribution >= 0.6 is 7.82 Å². The summed E-state index contributed by atoms with van der Waals surface area (Å²) in [6, 6.07) is 5.82. The van der Waals surface area contributed by atoms with Crippen molar-refractivity contribution in [2.75, 3.05) is 34.5 Å². The van der Waals surface area contributed by atoms with E-state index < -0.39 is 7.82 Å². The maximum absolute atomic E-state index is 10.7. The molecule has 1 unspecified atom stereocenters. The Labute approximate surface area is 129 Å². The molecule has 1 atom stereocenters. The fourth-order valence-electron chi connectivity index (χ4n) is 2.21. The van der Waals surface area contributed by atoms with Crippen LogP contribution in [0, 0.1) is 0 Å². The highest BCUT2D eigenvalue weighted by molar-refractivity contribution is 7.44. The van der Waals surface area contributed by atoms with E-state index in [9.17, 15) is 9.46 Å². The van der Waals surface area contributed by atoms with Crippen molar-refractivity contribution < 1.29 is 28.1 Å². The first-order valence-corrected chi connectivity index (χ1v) is 8.34. The topological polar surface area (TPSA) is 94.6 Å². The number of aromatic amines is 1. The molecule has 2 aromatic rings. The smallest absolute Gasteiger partial charge is 0.269 e. The monoisotopic (exact) mass is 328 g/mol. The Bertz CT molecular complexity index is 692. The van der Waals surface area contributed by atoms with Crippen LogP contribution in [0.3, 0.4) is 0 Å². The lowest BCUT2D eigenvalue weighted by Crippen LogP contribution is -2.43. The van der Waals surface area contributed by atoms with Crippen LogP contribution in [0.4, 0.5) is 0 Å². The van der Waals surface area contributed by atoms with Gasteiger partial charge in [0.2, 0.25) is 0 Å². The fourth-order valence-corrected chi connectivity index (χ4v) is 2.67. The number of H-pyrrole nitrogens is 1. The number of nitrogens with zero attached hydrogens (tertiary/aromatic N) is 1. The summed E-state index contributed by atoms with van der Waals surface area (Å²) in [5.41, 5.74) is 2.14. The SMILES string of the molecule is COc1ccc2[nH]cc(CC[N+](C)(C)COP(=O)([O-])O)c2c1. The van der Waals surface area contributed by atoms with Gasteiger partial charge in [-0.2, -0.15) is 0 Å². The molecule has 0 saturated carbocycles. The zero-order chi connectivity index (χ0) is 16.4. The van der Waals surface area contributed by atoms with E-state index in [1.165, 1.54) is 0 Å². The molecule has 22 heavy (non-hydrogen) atoms. The van der Waals surface area contributed by atoms with Crippen molar-refractivity contribution in [1.82, 2.24) is 4.98 Å². The molecule has 1 aromatic heterocycles. The highest BCUT2D eigenvalue weighted by Crippen LogP contribution is 2.31. The number of ether oxygens (including phenoxy) is 1. The van der Waals surface area contributed by atoms with E-state index in [-0.39, 0.29) is 6.73 Å². The average Bonchev–Trinajstić information content (AvgIpc) is 2.85. The van der Waals surface area contributed by atoms with Gasteiger partial charge < -0.3 is 24.0 Å². The Morgan fingerprint density at radius 3 is 2.77 bits per heavy atom. The molecule has 0 bridgehead atoms. The molecule has 0 radical (unpaired) electrons. The van der Waals surface area contributed by atoms with Gasteiger partial charge in [-0.15, -0.1) is 0 Å². The second kappa shape index (κ2) is 6.40. The van der Waals surface area contributed by atoms with Crippen molar-refractivity contribution in [2.45, 2.75) is 6.42 Å². The Morgan fingerprint density at radius 2 is 2.14 bits per heavy atom. The van der Waals surface area contributed by atoms with Gasteiger partial charge in [0.1, 0.15) is 5.75 Å². The molecule has 0 spiro atoms. The average molecular weight is 328 g/mol. The number of methoxy groups -OCH3 is 1. The summed E-state index contributed by atoms with van der Waals surface area (Å²) >= 11 is 0. The molecule has 0 amide bonds. The molecule has 1 aromatic carbocycles. The first-order chi connectivity index (χ1) is 10.2. The number of hydrogen-bond acceptors (Lipinski definition) is 4. The highest BCUT2D eigenvalue weighted by Gasteiger charge is 2.19. The van der Waals surface area contributed by atoms with Gasteiger partial charge in [0, 0.05) is 23.5 Å². The van der Waals surface area contributed by atoms with E-state index in [0.717, 1.165) is 28.6 Å². The molecule has 8 heteroatoms. The molecule has 1 heterocycles. The van der Waals surface area contributed by atoms with E-state index in [1.807, 2.05) is 38.5 Å². The van der Waals surface area contributed by atoms with Gasteiger partial charge in [-0.3, -0.25) is 9.09 Å². The number of benzene rings is 1. The zero-order valence-electron chi connectivity index (χ0n) is 12.9. The molecule has 0 aliphatic carbocycles. The predicted molar refractivity (Wildman–Crippen MR) is 81.3 cm³/mol. The highest BCUT2D eigenvalue weighted by atomic mass is 31.2. The van der Waals surface area contributed by atoms with Crippen molar-refractivity contribution in [3.05, 3.63) is 30.0 Å². The quantitative estimate of drug-likeness (QED) is 0.453. The second-order valence-electron chi connectivity index (χ2n) is 5.86. The number of fused-ring (bicyclic) bond motifs is 1. The van der Waals surface area contributed by atoms with E-state index in [1.54, 1.807) is 7.11 Å². The Hall–Kier alpha value is -1.37. The first-order valence-electron chi connectivity index (χ1n) is 6.84. The summed E-state index contributed by atoms with van der Waals surface area (Å²) in [6.07, 6.45) is 2.67. The predicted octanol–water partition coefficient (Wildman–Crippen LogP) is 1.23. The number of likely N-dealkylation sites (N-methyl/N-ethyl adjacent to an activating group) is 1. The van der Waals surface area contributed by atoms with Crippen LogP contribution < -0.4 is 9.63 Å². The van der Waals surface area contributed by atoms with Crippen LogP contribution in [0.25, 0.3) is 10.9 Å². The number of nitrogens with one attached hydrogen (secondary N) is 1. The molecule has 2 N–H and O–H groups in total. The van der Waals surface area contributed by atoms with E-state index in [0.29, 0.717) is 11.0 Å². The number of phosphoric ester groups is 1. The standard InChI is InChI=1S/C14H21N2O5P/c1-16(2,10-21-22(17,18)19)7-6-11-9-15-14-5-4-12(20-3)8-13(11)14/h4-5,8-9,15H,6-7,10H2,1-3H3,(H-,17,18,19). The van der Waals surface area contributed by atoms with Crippen LogP contribution in [0.5, 0.6) is 5.75 Å². The van der Waals surface area contributed by atoms with Gasteiger partial charge in [0.05, 0.1) is 27.7 Å². The molecular formula is C14H21N2O5P. The molecule has 2 rings (SSSR count). The van der Waals surface area contributed by atoms with Crippen molar-refractivity contribution in [3.8, 4) is 5.75 Å². The van der Waals surface area contributed by atoms with Crippen LogP contribution in [-0.4, -0.2) is 48.8 Å². The van der Waals surface area contributed by atoms with Crippen LogP contribution in [0.15, 0.2) is 24.4 Å². The maximum Gasteiger partial charge on any atom is 0.269 e.